The Balaban J connectivity index is 3.30. The van der Waals surface area contributed by atoms with E-state index in [1.54, 1.807) is 25.1 Å². The molecule has 0 radical (unpaired) electrons. The molecule has 0 saturated carbocycles. The maximum atomic E-state index is 10.8. The molecule has 98 valence electrons. The van der Waals surface area contributed by atoms with E-state index >= 15 is 0 Å². The van der Waals surface area contributed by atoms with Gasteiger partial charge in [0, 0.05) is 13.7 Å². The normalized spacial score (nSPS) is 15.0. The minimum absolute atomic E-state index is 0.00153. The first-order valence-electron chi connectivity index (χ1n) is 5.82. The maximum Gasteiger partial charge on any atom is 0.163 e. The van der Waals surface area contributed by atoms with Gasteiger partial charge in [-0.1, -0.05) is 13.8 Å². The monoisotopic (exact) mass is 242 g/mol. The zero-order valence-corrected chi connectivity index (χ0v) is 11.2. The van der Waals surface area contributed by atoms with Crippen LogP contribution in [0, 0.1) is 5.92 Å². The average molecular weight is 242 g/mol. The SMILES string of the molecule is CCn1ncc(OC)c1C(O)(COC)C(C)C. The predicted octanol–water partition coefficient (Wildman–Crippen LogP) is 1.40. The van der Waals surface area contributed by atoms with Crippen molar-refractivity contribution in [2.24, 2.45) is 5.92 Å². The highest BCUT2D eigenvalue weighted by Gasteiger charge is 2.39. The van der Waals surface area contributed by atoms with Crippen molar-refractivity contribution in [2.45, 2.75) is 32.9 Å². The lowest BCUT2D eigenvalue weighted by atomic mass is 9.87. The molecule has 0 saturated heterocycles. The van der Waals surface area contributed by atoms with Crippen molar-refractivity contribution in [1.29, 1.82) is 0 Å². The van der Waals surface area contributed by atoms with Crippen LogP contribution in [0.3, 0.4) is 0 Å². The molecule has 1 aromatic rings. The standard InChI is InChI=1S/C12H22N2O3/c1-6-14-11(10(17-5)7-13-14)12(15,8-16-4)9(2)3/h7,9,15H,6,8H2,1-5H3. The molecular weight excluding hydrogens is 220 g/mol. The van der Waals surface area contributed by atoms with E-state index in [2.05, 4.69) is 5.10 Å². The highest BCUT2D eigenvalue weighted by atomic mass is 16.5. The van der Waals surface area contributed by atoms with Crippen molar-refractivity contribution < 1.29 is 14.6 Å². The molecule has 5 nitrogen and oxygen atoms in total. The second-order valence-electron chi connectivity index (χ2n) is 4.39. The largest absolute Gasteiger partial charge is 0.493 e. The molecule has 0 aromatic carbocycles. The third-order valence-electron chi connectivity index (χ3n) is 3.05. The van der Waals surface area contributed by atoms with Crippen molar-refractivity contribution in [3.05, 3.63) is 11.9 Å². The lowest BCUT2D eigenvalue weighted by Crippen LogP contribution is -2.39. The number of aromatic nitrogens is 2. The molecule has 0 aliphatic carbocycles. The zero-order chi connectivity index (χ0) is 13.1. The van der Waals surface area contributed by atoms with Crippen LogP contribution in [0.1, 0.15) is 26.5 Å². The molecular formula is C12H22N2O3. The second kappa shape index (κ2) is 5.51. The lowest BCUT2D eigenvalue weighted by Gasteiger charge is -2.32. The minimum atomic E-state index is -1.09. The van der Waals surface area contributed by atoms with E-state index in [0.29, 0.717) is 18.0 Å². The quantitative estimate of drug-likeness (QED) is 0.819. The average Bonchev–Trinajstić information content (AvgIpc) is 2.72. The number of hydrogen-bond acceptors (Lipinski definition) is 4. The highest BCUT2D eigenvalue weighted by Crippen LogP contribution is 2.36. The molecule has 5 heteroatoms. The summed E-state index contributed by atoms with van der Waals surface area (Å²) >= 11 is 0. The molecule has 0 aliphatic rings. The number of hydrogen-bond donors (Lipinski definition) is 1. The summed E-state index contributed by atoms with van der Waals surface area (Å²) in [6.07, 6.45) is 1.63. The fourth-order valence-corrected chi connectivity index (χ4v) is 1.92. The van der Waals surface area contributed by atoms with E-state index in [9.17, 15) is 5.11 Å². The Morgan fingerprint density at radius 1 is 1.47 bits per heavy atom. The van der Waals surface area contributed by atoms with E-state index in [1.165, 1.54) is 0 Å². The van der Waals surface area contributed by atoms with Crippen LogP contribution in [0.15, 0.2) is 6.20 Å². The Labute approximate surface area is 102 Å². The van der Waals surface area contributed by atoms with E-state index in [4.69, 9.17) is 9.47 Å². The summed E-state index contributed by atoms with van der Waals surface area (Å²) in [5.74, 6) is 0.596. The van der Waals surface area contributed by atoms with E-state index in [0.717, 1.165) is 0 Å². The van der Waals surface area contributed by atoms with Crippen molar-refractivity contribution >= 4 is 0 Å². The molecule has 1 atom stereocenters. The Hall–Kier alpha value is -1.07. The van der Waals surface area contributed by atoms with Crippen molar-refractivity contribution in [1.82, 2.24) is 9.78 Å². The van der Waals surface area contributed by atoms with Gasteiger partial charge < -0.3 is 14.6 Å². The zero-order valence-electron chi connectivity index (χ0n) is 11.2. The van der Waals surface area contributed by atoms with Gasteiger partial charge in [0.15, 0.2) is 5.75 Å². The predicted molar refractivity (Wildman–Crippen MR) is 65.1 cm³/mol. The first-order valence-corrected chi connectivity index (χ1v) is 5.82. The van der Waals surface area contributed by atoms with Gasteiger partial charge in [-0.3, -0.25) is 4.68 Å². The molecule has 0 spiro atoms. The van der Waals surface area contributed by atoms with Gasteiger partial charge in [-0.15, -0.1) is 0 Å². The maximum absolute atomic E-state index is 10.8. The summed E-state index contributed by atoms with van der Waals surface area (Å²) in [7, 11) is 3.15. The summed E-state index contributed by atoms with van der Waals surface area (Å²) in [4.78, 5) is 0. The van der Waals surface area contributed by atoms with Crippen LogP contribution in [-0.2, 0) is 16.9 Å². The summed E-state index contributed by atoms with van der Waals surface area (Å²) in [5.41, 5.74) is -0.411. The molecule has 17 heavy (non-hydrogen) atoms. The van der Waals surface area contributed by atoms with E-state index in [-0.39, 0.29) is 12.5 Å². The van der Waals surface area contributed by atoms with Gasteiger partial charge in [0.2, 0.25) is 0 Å². The van der Waals surface area contributed by atoms with Crippen molar-refractivity contribution in [2.75, 3.05) is 20.8 Å². The number of rotatable bonds is 6. The van der Waals surface area contributed by atoms with E-state index in [1.807, 2.05) is 20.8 Å². The molecule has 1 rings (SSSR count). The molecule has 0 fully saturated rings. The Kier molecular flexibility index (Phi) is 4.54. The van der Waals surface area contributed by atoms with Gasteiger partial charge in [-0.25, -0.2) is 0 Å². The minimum Gasteiger partial charge on any atom is -0.493 e. The van der Waals surface area contributed by atoms with Crippen LogP contribution in [0.25, 0.3) is 0 Å². The van der Waals surface area contributed by atoms with Crippen LogP contribution in [0.5, 0.6) is 5.75 Å². The molecule has 0 aliphatic heterocycles. The number of aliphatic hydroxyl groups is 1. The molecule has 1 N–H and O–H groups in total. The van der Waals surface area contributed by atoms with Crippen molar-refractivity contribution in [3.63, 3.8) is 0 Å². The summed E-state index contributed by atoms with van der Waals surface area (Å²) < 4.78 is 12.2. The van der Waals surface area contributed by atoms with Gasteiger partial charge in [-0.2, -0.15) is 5.10 Å². The molecule has 0 amide bonds. The summed E-state index contributed by atoms with van der Waals surface area (Å²) in [6, 6.07) is 0. The van der Waals surface area contributed by atoms with Crippen LogP contribution in [0.2, 0.25) is 0 Å². The topological polar surface area (TPSA) is 56.5 Å². The number of nitrogens with zero attached hydrogens (tertiary/aromatic N) is 2. The van der Waals surface area contributed by atoms with Gasteiger partial charge in [0.25, 0.3) is 0 Å². The molecule has 1 heterocycles. The Morgan fingerprint density at radius 3 is 2.53 bits per heavy atom. The summed E-state index contributed by atoms with van der Waals surface area (Å²) in [6.45, 7) is 6.77. The Bertz CT molecular complexity index is 341. The molecule has 0 bridgehead atoms. The smallest absolute Gasteiger partial charge is 0.163 e. The Morgan fingerprint density at radius 2 is 2.12 bits per heavy atom. The lowest BCUT2D eigenvalue weighted by molar-refractivity contribution is -0.0772. The van der Waals surface area contributed by atoms with Crippen LogP contribution < -0.4 is 4.74 Å². The number of ether oxygens (including phenoxy) is 2. The van der Waals surface area contributed by atoms with Crippen LogP contribution >= 0.6 is 0 Å². The van der Waals surface area contributed by atoms with Gasteiger partial charge in [0.05, 0.1) is 19.9 Å². The van der Waals surface area contributed by atoms with Crippen LogP contribution in [-0.4, -0.2) is 35.7 Å². The highest BCUT2D eigenvalue weighted by molar-refractivity contribution is 5.31. The molecule has 1 aromatic heterocycles. The first-order chi connectivity index (χ1) is 8.01. The third kappa shape index (κ3) is 2.45. The van der Waals surface area contributed by atoms with Crippen molar-refractivity contribution in [3.8, 4) is 5.75 Å². The fourth-order valence-electron chi connectivity index (χ4n) is 1.92. The summed E-state index contributed by atoms with van der Waals surface area (Å²) in [5, 5.41) is 15.0. The van der Waals surface area contributed by atoms with Crippen LogP contribution in [0.4, 0.5) is 0 Å². The second-order valence-corrected chi connectivity index (χ2v) is 4.39. The number of aryl methyl sites for hydroxylation is 1. The van der Waals surface area contributed by atoms with E-state index < -0.39 is 5.60 Å². The molecule has 1 unspecified atom stereocenters. The number of methoxy groups -OCH3 is 2. The van der Waals surface area contributed by atoms with Gasteiger partial charge in [-0.05, 0) is 12.8 Å². The first kappa shape index (κ1) is 14.0. The van der Waals surface area contributed by atoms with Gasteiger partial charge >= 0.3 is 0 Å². The fraction of sp³-hybridized carbons (Fsp3) is 0.750. The third-order valence-corrected chi connectivity index (χ3v) is 3.05. The van der Waals surface area contributed by atoms with Gasteiger partial charge in [0.1, 0.15) is 11.3 Å².